The van der Waals surface area contributed by atoms with Gasteiger partial charge in [-0.1, -0.05) is 38.8 Å². The fourth-order valence-corrected chi connectivity index (χ4v) is 3.22. The third-order valence-corrected chi connectivity index (χ3v) is 4.98. The number of rotatable bonds is 8. The smallest absolute Gasteiger partial charge is 0.0208 e. The molecule has 100 valence electrons. The van der Waals surface area contributed by atoms with Gasteiger partial charge in [-0.05, 0) is 36.5 Å². The third kappa shape index (κ3) is 4.66. The van der Waals surface area contributed by atoms with E-state index in [0.29, 0.717) is 0 Å². The van der Waals surface area contributed by atoms with Crippen LogP contribution in [0.15, 0.2) is 29.2 Å². The van der Waals surface area contributed by atoms with Crippen molar-refractivity contribution >= 4 is 11.8 Å². The molecule has 0 bridgehead atoms. The van der Waals surface area contributed by atoms with Gasteiger partial charge in [0.2, 0.25) is 0 Å². The van der Waals surface area contributed by atoms with Gasteiger partial charge in [-0.15, -0.1) is 11.8 Å². The minimum absolute atomic E-state index is 0.800. The first kappa shape index (κ1) is 14.0. The molecule has 1 N–H and O–H groups in total. The van der Waals surface area contributed by atoms with Gasteiger partial charge in [0.1, 0.15) is 0 Å². The van der Waals surface area contributed by atoms with Gasteiger partial charge >= 0.3 is 0 Å². The van der Waals surface area contributed by atoms with Crippen molar-refractivity contribution < 1.29 is 0 Å². The van der Waals surface area contributed by atoms with Crippen LogP contribution >= 0.6 is 11.8 Å². The molecule has 1 aromatic carbocycles. The van der Waals surface area contributed by atoms with Gasteiger partial charge in [-0.25, -0.2) is 0 Å². The molecule has 0 spiro atoms. The maximum Gasteiger partial charge on any atom is 0.0208 e. The molecule has 0 atom stereocenters. The molecule has 2 rings (SSSR count). The van der Waals surface area contributed by atoms with Gasteiger partial charge in [0.25, 0.3) is 0 Å². The molecule has 0 aliphatic heterocycles. The first-order chi connectivity index (χ1) is 8.81. The van der Waals surface area contributed by atoms with E-state index in [1.807, 2.05) is 11.8 Å². The molecular formula is C16H25NS. The summed E-state index contributed by atoms with van der Waals surface area (Å²) in [6.45, 7) is 5.62. The maximum absolute atomic E-state index is 3.55. The zero-order valence-corrected chi connectivity index (χ0v) is 12.4. The van der Waals surface area contributed by atoms with Crippen LogP contribution in [-0.2, 0) is 6.54 Å². The van der Waals surface area contributed by atoms with Crippen molar-refractivity contribution in [1.29, 1.82) is 0 Å². The van der Waals surface area contributed by atoms with Crippen LogP contribution in [0.4, 0.5) is 0 Å². The van der Waals surface area contributed by atoms with E-state index in [2.05, 4.69) is 43.4 Å². The van der Waals surface area contributed by atoms with Crippen molar-refractivity contribution in [3.05, 3.63) is 29.8 Å². The molecular weight excluding hydrogens is 238 g/mol. The van der Waals surface area contributed by atoms with Crippen LogP contribution in [0.1, 0.15) is 45.1 Å². The lowest BCUT2D eigenvalue weighted by Gasteiger charge is -2.11. The standard InChI is InChI=1S/C16H25NS/c1-3-13(4-2)12-18-16-9-5-14(6-10-16)11-17-15-7-8-15/h5-6,9-10,13,15,17H,3-4,7-8,11-12H2,1-2H3. The highest BCUT2D eigenvalue weighted by Crippen LogP contribution is 2.24. The Labute approximate surface area is 116 Å². The van der Waals surface area contributed by atoms with Gasteiger partial charge < -0.3 is 5.32 Å². The Morgan fingerprint density at radius 3 is 2.39 bits per heavy atom. The zero-order chi connectivity index (χ0) is 12.8. The lowest BCUT2D eigenvalue weighted by Crippen LogP contribution is -2.15. The largest absolute Gasteiger partial charge is 0.310 e. The Bertz CT molecular complexity index is 339. The number of nitrogens with one attached hydrogen (secondary N) is 1. The van der Waals surface area contributed by atoms with Gasteiger partial charge in [-0.2, -0.15) is 0 Å². The van der Waals surface area contributed by atoms with Crippen LogP contribution in [0.3, 0.4) is 0 Å². The second-order valence-corrected chi connectivity index (χ2v) is 6.39. The van der Waals surface area contributed by atoms with Crippen LogP contribution in [0.25, 0.3) is 0 Å². The molecule has 1 aliphatic rings. The summed E-state index contributed by atoms with van der Waals surface area (Å²) in [7, 11) is 0. The summed E-state index contributed by atoms with van der Waals surface area (Å²) >= 11 is 2.00. The number of hydrogen-bond acceptors (Lipinski definition) is 2. The molecule has 18 heavy (non-hydrogen) atoms. The average Bonchev–Trinajstić information content (AvgIpc) is 3.23. The molecule has 0 amide bonds. The van der Waals surface area contributed by atoms with E-state index >= 15 is 0 Å². The Kier molecular flexibility index (Phi) is 5.58. The summed E-state index contributed by atoms with van der Waals surface area (Å²) in [5.74, 6) is 2.12. The van der Waals surface area contributed by atoms with Crippen LogP contribution in [0.5, 0.6) is 0 Å². The molecule has 0 radical (unpaired) electrons. The van der Waals surface area contributed by atoms with Crippen molar-refractivity contribution in [2.45, 2.75) is 57.0 Å². The van der Waals surface area contributed by atoms with E-state index in [0.717, 1.165) is 18.5 Å². The predicted molar refractivity (Wildman–Crippen MR) is 81.1 cm³/mol. The van der Waals surface area contributed by atoms with E-state index in [4.69, 9.17) is 0 Å². The lowest BCUT2D eigenvalue weighted by atomic mass is 10.1. The second kappa shape index (κ2) is 7.20. The Morgan fingerprint density at radius 2 is 1.83 bits per heavy atom. The molecule has 0 unspecified atom stereocenters. The maximum atomic E-state index is 3.55. The van der Waals surface area contributed by atoms with E-state index in [-0.39, 0.29) is 0 Å². The Hall–Kier alpha value is -0.470. The predicted octanol–water partition coefficient (Wildman–Crippen LogP) is 4.47. The summed E-state index contributed by atoms with van der Waals surface area (Å²) in [5, 5.41) is 3.55. The highest BCUT2D eigenvalue weighted by molar-refractivity contribution is 7.99. The number of hydrogen-bond donors (Lipinski definition) is 1. The Balaban J connectivity index is 1.75. The quantitative estimate of drug-likeness (QED) is 0.695. The van der Waals surface area contributed by atoms with Crippen LogP contribution < -0.4 is 5.32 Å². The average molecular weight is 263 g/mol. The fourth-order valence-electron chi connectivity index (χ4n) is 1.99. The van der Waals surface area contributed by atoms with Crippen LogP contribution in [0, 0.1) is 5.92 Å². The fraction of sp³-hybridized carbons (Fsp3) is 0.625. The topological polar surface area (TPSA) is 12.0 Å². The first-order valence-electron chi connectivity index (χ1n) is 7.27. The summed E-state index contributed by atoms with van der Waals surface area (Å²) in [4.78, 5) is 1.41. The van der Waals surface area contributed by atoms with Crippen molar-refractivity contribution in [3.8, 4) is 0 Å². The molecule has 1 saturated carbocycles. The first-order valence-corrected chi connectivity index (χ1v) is 8.25. The van der Waals surface area contributed by atoms with E-state index < -0.39 is 0 Å². The molecule has 0 saturated heterocycles. The van der Waals surface area contributed by atoms with Crippen molar-refractivity contribution in [2.24, 2.45) is 5.92 Å². The zero-order valence-electron chi connectivity index (χ0n) is 11.6. The molecule has 1 nitrogen and oxygen atoms in total. The molecule has 0 heterocycles. The SMILES string of the molecule is CCC(CC)CSc1ccc(CNC2CC2)cc1. The minimum atomic E-state index is 0.800. The summed E-state index contributed by atoms with van der Waals surface area (Å²) in [6, 6.07) is 9.89. The van der Waals surface area contributed by atoms with Gasteiger partial charge in [0.15, 0.2) is 0 Å². The molecule has 0 aromatic heterocycles. The minimum Gasteiger partial charge on any atom is -0.310 e. The number of thioether (sulfide) groups is 1. The van der Waals surface area contributed by atoms with E-state index in [1.165, 1.54) is 41.9 Å². The summed E-state index contributed by atoms with van der Waals surface area (Å²) < 4.78 is 0. The van der Waals surface area contributed by atoms with Gasteiger partial charge in [0.05, 0.1) is 0 Å². The molecule has 1 aromatic rings. The van der Waals surface area contributed by atoms with Crippen molar-refractivity contribution in [2.75, 3.05) is 5.75 Å². The highest BCUT2D eigenvalue weighted by Gasteiger charge is 2.19. The van der Waals surface area contributed by atoms with Crippen LogP contribution in [0.2, 0.25) is 0 Å². The van der Waals surface area contributed by atoms with Crippen LogP contribution in [-0.4, -0.2) is 11.8 Å². The van der Waals surface area contributed by atoms with Crippen molar-refractivity contribution in [1.82, 2.24) is 5.32 Å². The second-order valence-electron chi connectivity index (χ2n) is 5.29. The van der Waals surface area contributed by atoms with Crippen molar-refractivity contribution in [3.63, 3.8) is 0 Å². The third-order valence-electron chi connectivity index (χ3n) is 3.74. The highest BCUT2D eigenvalue weighted by atomic mass is 32.2. The molecule has 2 heteroatoms. The summed E-state index contributed by atoms with van der Waals surface area (Å²) in [6.07, 6.45) is 5.33. The Morgan fingerprint density at radius 1 is 1.17 bits per heavy atom. The van der Waals surface area contributed by atoms with E-state index in [1.54, 1.807) is 0 Å². The van der Waals surface area contributed by atoms with Gasteiger partial charge in [0, 0.05) is 23.2 Å². The molecule has 1 fully saturated rings. The lowest BCUT2D eigenvalue weighted by molar-refractivity contribution is 0.554. The van der Waals surface area contributed by atoms with Gasteiger partial charge in [-0.3, -0.25) is 0 Å². The molecule has 1 aliphatic carbocycles. The number of benzene rings is 1. The van der Waals surface area contributed by atoms with E-state index in [9.17, 15) is 0 Å². The monoisotopic (exact) mass is 263 g/mol. The summed E-state index contributed by atoms with van der Waals surface area (Å²) in [5.41, 5.74) is 1.41. The normalized spacial score (nSPS) is 15.3.